The lowest BCUT2D eigenvalue weighted by molar-refractivity contribution is -0.198. The molecule has 1 fully saturated rings. The summed E-state index contributed by atoms with van der Waals surface area (Å²) in [5.74, 6) is -0.907. The smallest absolute Gasteiger partial charge is 0.320 e. The molecular formula is C22H40INO5. The van der Waals surface area contributed by atoms with Gasteiger partial charge in [0.1, 0.15) is 15.8 Å². The Morgan fingerprint density at radius 3 is 2.52 bits per heavy atom. The molecule has 170 valence electrons. The molecule has 0 aromatic rings. The van der Waals surface area contributed by atoms with Gasteiger partial charge in [0.2, 0.25) is 0 Å². The summed E-state index contributed by atoms with van der Waals surface area (Å²) < 4.78 is 10.3. The molecule has 1 aliphatic carbocycles. The number of hydrogen-bond acceptors (Lipinski definition) is 6. The number of hydrogen-bond donors (Lipinski definition) is 3. The van der Waals surface area contributed by atoms with Crippen LogP contribution in [-0.2, 0) is 14.3 Å². The van der Waals surface area contributed by atoms with Crippen LogP contribution in [0.15, 0.2) is 11.6 Å². The highest BCUT2D eigenvalue weighted by atomic mass is 127. The van der Waals surface area contributed by atoms with Crippen LogP contribution in [0.5, 0.6) is 0 Å². The maximum atomic E-state index is 12.4. The van der Waals surface area contributed by atoms with Gasteiger partial charge in [-0.1, -0.05) is 25.5 Å². The Balaban J connectivity index is 2.90. The van der Waals surface area contributed by atoms with E-state index in [0.717, 1.165) is 12.8 Å². The summed E-state index contributed by atoms with van der Waals surface area (Å²) in [5, 5.41) is 25.5. The molecule has 29 heavy (non-hydrogen) atoms. The third-order valence-corrected chi connectivity index (χ3v) is 7.11. The second kappa shape index (κ2) is 12.0. The van der Waals surface area contributed by atoms with E-state index < -0.39 is 27.3 Å². The molecule has 7 heteroatoms. The molecule has 5 atom stereocenters. The van der Waals surface area contributed by atoms with Gasteiger partial charge in [-0.2, -0.15) is 0 Å². The van der Waals surface area contributed by atoms with Gasteiger partial charge < -0.3 is 25.0 Å². The second-order valence-electron chi connectivity index (χ2n) is 8.64. The van der Waals surface area contributed by atoms with Crippen molar-refractivity contribution in [3.8, 4) is 0 Å². The molecule has 6 nitrogen and oxygen atoms in total. The first-order chi connectivity index (χ1) is 13.5. The molecule has 0 bridgehead atoms. The van der Waals surface area contributed by atoms with Crippen LogP contribution in [0.3, 0.4) is 0 Å². The van der Waals surface area contributed by atoms with Crippen molar-refractivity contribution >= 4 is 28.6 Å². The van der Waals surface area contributed by atoms with Crippen molar-refractivity contribution in [3.63, 3.8) is 0 Å². The number of aliphatic hydroxyl groups is 2. The standard InChI is InChI=1S/C22H40INO5/c1-7-16(8-2)24-14-18(25)29-17-11-13-22(23,27)20(19(17)28-6)21(5,26)12-9-10-15(3)4/h10,16-17,19-20,24,26-27H,7-9,11-14H2,1-6H3/t17-,19-,20-,21+,22-/m1/s1. The molecule has 0 aliphatic heterocycles. The monoisotopic (exact) mass is 525 g/mol. The van der Waals surface area contributed by atoms with E-state index in [0.29, 0.717) is 25.7 Å². The van der Waals surface area contributed by atoms with Crippen LogP contribution in [0.2, 0.25) is 0 Å². The van der Waals surface area contributed by atoms with E-state index in [-0.39, 0.29) is 18.6 Å². The van der Waals surface area contributed by atoms with E-state index in [1.54, 1.807) is 14.0 Å². The van der Waals surface area contributed by atoms with Crippen LogP contribution in [0.1, 0.15) is 73.1 Å². The molecule has 0 spiro atoms. The van der Waals surface area contributed by atoms with Crippen LogP contribution in [0, 0.1) is 5.92 Å². The number of methoxy groups -OCH3 is 1. The maximum Gasteiger partial charge on any atom is 0.320 e. The van der Waals surface area contributed by atoms with Gasteiger partial charge in [0, 0.05) is 13.2 Å². The Bertz CT molecular complexity index is 541. The highest BCUT2D eigenvalue weighted by Gasteiger charge is 2.56. The number of esters is 1. The topological polar surface area (TPSA) is 88.0 Å². The third-order valence-electron chi connectivity index (χ3n) is 5.90. The lowest BCUT2D eigenvalue weighted by atomic mass is 9.71. The highest BCUT2D eigenvalue weighted by molar-refractivity contribution is 14.1. The Morgan fingerprint density at radius 2 is 2.00 bits per heavy atom. The van der Waals surface area contributed by atoms with Gasteiger partial charge in [0.15, 0.2) is 0 Å². The summed E-state index contributed by atoms with van der Waals surface area (Å²) in [7, 11) is 1.55. The van der Waals surface area contributed by atoms with Crippen molar-refractivity contribution in [2.24, 2.45) is 5.92 Å². The van der Waals surface area contributed by atoms with Crippen LogP contribution < -0.4 is 5.32 Å². The molecule has 0 aromatic carbocycles. The molecule has 0 radical (unpaired) electrons. The zero-order valence-corrected chi connectivity index (χ0v) is 21.0. The molecule has 0 aromatic heterocycles. The van der Waals surface area contributed by atoms with E-state index in [4.69, 9.17) is 9.47 Å². The minimum atomic E-state index is -1.17. The number of nitrogens with one attached hydrogen (secondary N) is 1. The summed E-state index contributed by atoms with van der Waals surface area (Å²) in [6.45, 7) is 10.1. The van der Waals surface area contributed by atoms with Crippen LogP contribution >= 0.6 is 22.6 Å². The summed E-state index contributed by atoms with van der Waals surface area (Å²) in [6, 6.07) is 0.287. The van der Waals surface area contributed by atoms with Gasteiger partial charge in [0.25, 0.3) is 0 Å². The summed E-state index contributed by atoms with van der Waals surface area (Å²) in [5.41, 5.74) is 0.0238. The van der Waals surface area contributed by atoms with Crippen LogP contribution in [0.25, 0.3) is 0 Å². The van der Waals surface area contributed by atoms with Crippen molar-refractivity contribution in [1.29, 1.82) is 0 Å². The van der Waals surface area contributed by atoms with E-state index in [1.165, 1.54) is 5.57 Å². The first-order valence-electron chi connectivity index (χ1n) is 10.7. The molecule has 1 rings (SSSR count). The number of alkyl halides is 1. The average molecular weight is 525 g/mol. The molecule has 1 aliphatic rings. The third kappa shape index (κ3) is 8.09. The van der Waals surface area contributed by atoms with Crippen molar-refractivity contribution in [2.45, 2.75) is 101 Å². The number of rotatable bonds is 11. The quantitative estimate of drug-likeness (QED) is 0.165. The van der Waals surface area contributed by atoms with Gasteiger partial charge >= 0.3 is 5.97 Å². The molecule has 0 amide bonds. The van der Waals surface area contributed by atoms with Gasteiger partial charge in [-0.25, -0.2) is 0 Å². The Hall–Kier alpha value is -0.220. The van der Waals surface area contributed by atoms with E-state index in [1.807, 2.05) is 36.4 Å². The lowest BCUT2D eigenvalue weighted by Gasteiger charge is -2.50. The van der Waals surface area contributed by atoms with Crippen molar-refractivity contribution in [2.75, 3.05) is 13.7 Å². The van der Waals surface area contributed by atoms with E-state index in [9.17, 15) is 15.0 Å². The van der Waals surface area contributed by atoms with Gasteiger partial charge in [-0.05, 0) is 81.9 Å². The van der Waals surface area contributed by atoms with Gasteiger partial charge in [0.05, 0.1) is 18.1 Å². The predicted molar refractivity (Wildman–Crippen MR) is 124 cm³/mol. The first kappa shape index (κ1) is 26.8. The summed E-state index contributed by atoms with van der Waals surface area (Å²) in [6.07, 6.45) is 5.02. The maximum absolute atomic E-state index is 12.4. The Kier molecular flexibility index (Phi) is 11.1. The van der Waals surface area contributed by atoms with Gasteiger partial charge in [-0.15, -0.1) is 0 Å². The molecule has 1 saturated carbocycles. The lowest BCUT2D eigenvalue weighted by Crippen LogP contribution is -2.60. The number of halogens is 1. The van der Waals surface area contributed by atoms with E-state index in [2.05, 4.69) is 25.2 Å². The number of carbonyl (C=O) groups excluding carboxylic acids is 1. The van der Waals surface area contributed by atoms with Gasteiger partial charge in [-0.3, -0.25) is 4.79 Å². The minimum Gasteiger partial charge on any atom is -0.459 e. The Morgan fingerprint density at radius 1 is 1.38 bits per heavy atom. The number of carbonyl (C=O) groups is 1. The SMILES string of the molecule is CCC(CC)NCC(=O)O[C@@H]1CC[C@](O)(I)[C@@H]([C@@](C)(O)CCC=C(C)C)[C@@H]1OC. The van der Waals surface area contributed by atoms with E-state index >= 15 is 0 Å². The largest absolute Gasteiger partial charge is 0.459 e. The van der Waals surface area contributed by atoms with Crippen molar-refractivity contribution in [1.82, 2.24) is 5.32 Å². The number of ether oxygens (including phenoxy) is 2. The zero-order chi connectivity index (χ0) is 22.2. The molecule has 0 heterocycles. The fourth-order valence-corrected chi connectivity index (χ4v) is 5.54. The second-order valence-corrected chi connectivity index (χ2v) is 10.5. The van der Waals surface area contributed by atoms with Crippen molar-refractivity contribution in [3.05, 3.63) is 11.6 Å². The molecule has 0 saturated heterocycles. The minimum absolute atomic E-state index is 0.148. The zero-order valence-electron chi connectivity index (χ0n) is 18.8. The fourth-order valence-electron chi connectivity index (χ4n) is 4.20. The molecule has 0 unspecified atom stereocenters. The normalized spacial score (nSPS) is 29.4. The molecule has 3 N–H and O–H groups in total. The highest BCUT2D eigenvalue weighted by Crippen LogP contribution is 2.47. The van der Waals surface area contributed by atoms with Crippen molar-refractivity contribution < 1.29 is 24.5 Å². The first-order valence-corrected chi connectivity index (χ1v) is 11.8. The van der Waals surface area contributed by atoms with Crippen LogP contribution in [-0.4, -0.2) is 57.3 Å². The predicted octanol–water partition coefficient (Wildman–Crippen LogP) is 3.72. The fraction of sp³-hybridized carbons (Fsp3) is 0.864. The number of allylic oxidation sites excluding steroid dienone is 2. The summed E-state index contributed by atoms with van der Waals surface area (Å²) in [4.78, 5) is 12.4. The van der Waals surface area contributed by atoms with Crippen LogP contribution in [0.4, 0.5) is 0 Å². The average Bonchev–Trinajstić information content (AvgIpc) is 2.62. The Labute approximate surface area is 189 Å². The summed E-state index contributed by atoms with van der Waals surface area (Å²) >= 11 is 2.01. The molecular weight excluding hydrogens is 485 g/mol.